The van der Waals surface area contributed by atoms with Crippen LogP contribution in [0.3, 0.4) is 0 Å². The summed E-state index contributed by atoms with van der Waals surface area (Å²) in [4.78, 5) is 0.399. The third kappa shape index (κ3) is 2.99. The molecule has 0 aliphatic carbocycles. The molecule has 1 aromatic rings. The van der Waals surface area contributed by atoms with Crippen LogP contribution in [0, 0.1) is 5.92 Å². The highest BCUT2D eigenvalue weighted by Gasteiger charge is 2.31. The van der Waals surface area contributed by atoms with E-state index < -0.39 is 10.0 Å². The molecule has 2 N–H and O–H groups in total. The predicted octanol–water partition coefficient (Wildman–Crippen LogP) is 1.78. The van der Waals surface area contributed by atoms with Gasteiger partial charge >= 0.3 is 0 Å². The largest absolute Gasteiger partial charge is 0.330 e. The number of rotatable bonds is 4. The topological polar surface area (TPSA) is 63.4 Å². The van der Waals surface area contributed by atoms with Gasteiger partial charge in [0.2, 0.25) is 10.0 Å². The molecule has 19 heavy (non-hydrogen) atoms. The normalized spacial score (nSPS) is 21.2. The monoisotopic (exact) mass is 282 g/mol. The lowest BCUT2D eigenvalue weighted by Crippen LogP contribution is -2.30. The summed E-state index contributed by atoms with van der Waals surface area (Å²) in [5.41, 5.74) is 6.67. The van der Waals surface area contributed by atoms with Crippen LogP contribution < -0.4 is 5.73 Å². The Labute approximate surface area is 115 Å². The zero-order valence-corrected chi connectivity index (χ0v) is 12.4. The van der Waals surface area contributed by atoms with Crippen molar-refractivity contribution in [3.05, 3.63) is 29.8 Å². The number of benzene rings is 1. The molecule has 0 bridgehead atoms. The average molecular weight is 282 g/mol. The van der Waals surface area contributed by atoms with Gasteiger partial charge in [-0.15, -0.1) is 0 Å². The number of nitrogens with zero attached hydrogens (tertiary/aromatic N) is 1. The minimum absolute atomic E-state index is 0.294. The third-order valence-corrected chi connectivity index (χ3v) is 5.61. The van der Waals surface area contributed by atoms with Crippen molar-refractivity contribution in [2.45, 2.75) is 31.1 Å². The van der Waals surface area contributed by atoms with Crippen molar-refractivity contribution in [1.29, 1.82) is 0 Å². The van der Waals surface area contributed by atoms with Crippen LogP contribution in [0.25, 0.3) is 0 Å². The molecule has 5 heteroatoms. The van der Waals surface area contributed by atoms with Crippen LogP contribution in [0.15, 0.2) is 29.2 Å². The number of nitrogens with two attached hydrogens (primary N) is 1. The Morgan fingerprint density at radius 1 is 1.42 bits per heavy atom. The van der Waals surface area contributed by atoms with E-state index in [0.717, 1.165) is 12.0 Å². The molecule has 1 atom stereocenters. The smallest absolute Gasteiger partial charge is 0.243 e. The Bertz CT molecular complexity index is 540. The van der Waals surface area contributed by atoms with E-state index in [4.69, 9.17) is 5.73 Å². The van der Waals surface area contributed by atoms with Gasteiger partial charge in [-0.2, -0.15) is 4.31 Å². The fourth-order valence-electron chi connectivity index (χ4n) is 2.39. The van der Waals surface area contributed by atoms with E-state index in [1.54, 1.807) is 16.4 Å². The molecule has 1 fully saturated rings. The fourth-order valence-corrected chi connectivity index (χ4v) is 3.98. The summed E-state index contributed by atoms with van der Waals surface area (Å²) < 4.78 is 26.7. The minimum atomic E-state index is -3.36. The Hall–Kier alpha value is -0.910. The van der Waals surface area contributed by atoms with Crippen molar-refractivity contribution in [3.63, 3.8) is 0 Å². The van der Waals surface area contributed by atoms with Crippen molar-refractivity contribution >= 4 is 10.0 Å². The molecule has 0 spiro atoms. The highest BCUT2D eigenvalue weighted by atomic mass is 32.2. The van der Waals surface area contributed by atoms with Crippen molar-refractivity contribution in [1.82, 2.24) is 4.31 Å². The van der Waals surface area contributed by atoms with Gasteiger partial charge in [0.15, 0.2) is 0 Å². The zero-order chi connectivity index (χ0) is 14.0. The van der Waals surface area contributed by atoms with Crippen LogP contribution in [-0.2, 0) is 10.0 Å². The molecular formula is C14H22N2O2S. The SMILES string of the molecule is CC(C)c1cccc(S(=O)(=O)N2CCC(CN)C2)c1. The van der Waals surface area contributed by atoms with Crippen LogP contribution in [0.2, 0.25) is 0 Å². The Morgan fingerprint density at radius 2 is 2.16 bits per heavy atom. The Kier molecular flexibility index (Phi) is 4.28. The lowest BCUT2D eigenvalue weighted by Gasteiger charge is -2.17. The molecule has 1 aliphatic heterocycles. The van der Waals surface area contributed by atoms with E-state index in [-0.39, 0.29) is 0 Å². The molecule has 1 heterocycles. The first-order valence-electron chi connectivity index (χ1n) is 6.75. The van der Waals surface area contributed by atoms with E-state index in [9.17, 15) is 8.42 Å². The zero-order valence-electron chi connectivity index (χ0n) is 11.5. The van der Waals surface area contributed by atoms with Crippen molar-refractivity contribution in [2.75, 3.05) is 19.6 Å². The first-order chi connectivity index (χ1) is 8.95. The fraction of sp³-hybridized carbons (Fsp3) is 0.571. The predicted molar refractivity (Wildman–Crippen MR) is 76.5 cm³/mol. The molecule has 106 valence electrons. The van der Waals surface area contributed by atoms with Gasteiger partial charge in [0, 0.05) is 13.1 Å². The Morgan fingerprint density at radius 3 is 2.74 bits per heavy atom. The molecule has 1 unspecified atom stereocenters. The van der Waals surface area contributed by atoms with E-state index in [0.29, 0.717) is 36.4 Å². The standard InChI is InChI=1S/C14H22N2O2S/c1-11(2)13-4-3-5-14(8-13)19(17,18)16-7-6-12(9-15)10-16/h3-5,8,11-12H,6-7,9-10,15H2,1-2H3. The average Bonchev–Trinajstić information content (AvgIpc) is 2.88. The lowest BCUT2D eigenvalue weighted by atomic mass is 10.0. The third-order valence-electron chi connectivity index (χ3n) is 3.74. The van der Waals surface area contributed by atoms with Gasteiger partial charge < -0.3 is 5.73 Å². The molecule has 4 nitrogen and oxygen atoms in total. The Balaban J connectivity index is 2.27. The molecule has 0 saturated carbocycles. The minimum Gasteiger partial charge on any atom is -0.330 e. The molecule has 1 saturated heterocycles. The van der Waals surface area contributed by atoms with E-state index >= 15 is 0 Å². The van der Waals surface area contributed by atoms with Crippen LogP contribution >= 0.6 is 0 Å². The summed E-state index contributed by atoms with van der Waals surface area (Å²) in [5.74, 6) is 0.619. The van der Waals surface area contributed by atoms with Gasteiger partial charge in [-0.3, -0.25) is 0 Å². The quantitative estimate of drug-likeness (QED) is 0.915. The van der Waals surface area contributed by atoms with Crippen molar-refractivity contribution < 1.29 is 8.42 Å². The molecule has 1 aliphatic rings. The molecular weight excluding hydrogens is 260 g/mol. The van der Waals surface area contributed by atoms with Crippen LogP contribution in [0.4, 0.5) is 0 Å². The summed E-state index contributed by atoms with van der Waals surface area (Å²) in [6.07, 6.45) is 0.861. The van der Waals surface area contributed by atoms with E-state index in [1.807, 2.05) is 12.1 Å². The van der Waals surface area contributed by atoms with Crippen LogP contribution in [0.1, 0.15) is 31.7 Å². The highest BCUT2D eigenvalue weighted by Crippen LogP contribution is 2.25. The molecule has 0 aromatic heterocycles. The van der Waals surface area contributed by atoms with Gasteiger partial charge in [0.25, 0.3) is 0 Å². The second kappa shape index (κ2) is 5.61. The van der Waals surface area contributed by atoms with Crippen molar-refractivity contribution in [3.8, 4) is 0 Å². The van der Waals surface area contributed by atoms with Gasteiger partial charge in [-0.1, -0.05) is 26.0 Å². The lowest BCUT2D eigenvalue weighted by molar-refractivity contribution is 0.459. The maximum Gasteiger partial charge on any atom is 0.243 e. The molecule has 0 amide bonds. The van der Waals surface area contributed by atoms with Gasteiger partial charge in [-0.25, -0.2) is 8.42 Å². The first kappa shape index (κ1) is 14.5. The molecule has 1 aromatic carbocycles. The van der Waals surface area contributed by atoms with E-state index in [1.165, 1.54) is 0 Å². The first-order valence-corrected chi connectivity index (χ1v) is 8.19. The van der Waals surface area contributed by atoms with Gasteiger partial charge in [-0.05, 0) is 42.5 Å². The maximum atomic E-state index is 12.6. The second-order valence-corrected chi connectivity index (χ2v) is 7.42. The molecule has 2 rings (SSSR count). The van der Waals surface area contributed by atoms with Crippen molar-refractivity contribution in [2.24, 2.45) is 11.7 Å². The summed E-state index contributed by atoms with van der Waals surface area (Å²) in [7, 11) is -3.36. The summed E-state index contributed by atoms with van der Waals surface area (Å²) >= 11 is 0. The molecule has 0 radical (unpaired) electrons. The van der Waals surface area contributed by atoms with Crippen LogP contribution in [0.5, 0.6) is 0 Å². The van der Waals surface area contributed by atoms with Gasteiger partial charge in [0.05, 0.1) is 4.90 Å². The highest BCUT2D eigenvalue weighted by molar-refractivity contribution is 7.89. The number of hydrogen-bond acceptors (Lipinski definition) is 3. The number of sulfonamides is 1. The summed E-state index contributed by atoms with van der Waals surface area (Å²) in [6, 6.07) is 7.25. The van der Waals surface area contributed by atoms with Gasteiger partial charge in [0.1, 0.15) is 0 Å². The number of hydrogen-bond donors (Lipinski definition) is 1. The summed E-state index contributed by atoms with van der Waals surface area (Å²) in [6.45, 7) is 5.80. The van der Waals surface area contributed by atoms with E-state index in [2.05, 4.69) is 13.8 Å². The maximum absolute atomic E-state index is 12.6. The van der Waals surface area contributed by atoms with Crippen LogP contribution in [-0.4, -0.2) is 32.4 Å². The summed E-state index contributed by atoms with van der Waals surface area (Å²) in [5, 5.41) is 0. The second-order valence-electron chi connectivity index (χ2n) is 5.48.